The van der Waals surface area contributed by atoms with Gasteiger partial charge in [-0.15, -0.1) is 0 Å². The predicted octanol–water partition coefficient (Wildman–Crippen LogP) is 4.30. The molecule has 0 bridgehead atoms. The summed E-state index contributed by atoms with van der Waals surface area (Å²) >= 11 is 9.16. The lowest BCUT2D eigenvalue weighted by molar-refractivity contribution is 0.102. The Morgan fingerprint density at radius 3 is 2.67 bits per heavy atom. The highest BCUT2D eigenvalue weighted by molar-refractivity contribution is 9.10. The average Bonchev–Trinajstić information content (AvgIpc) is 2.46. The molecular weight excluding hydrogens is 354 g/mol. The third-order valence-corrected chi connectivity index (χ3v) is 3.59. The van der Waals surface area contributed by atoms with Crippen molar-refractivity contribution >= 4 is 50.0 Å². The Morgan fingerprint density at radius 2 is 1.86 bits per heavy atom. The fourth-order valence-corrected chi connectivity index (χ4v) is 2.47. The van der Waals surface area contributed by atoms with E-state index in [1.165, 1.54) is 12.4 Å². The third-order valence-electron chi connectivity index (χ3n) is 2.91. The molecule has 0 aliphatic rings. The standard InChI is InChI=1S/C15H9BrClN3O/c16-12-4-3-9-5-11(2-1-10(9)6-12)15(21)20-14-8-18-7-13(17)19-14/h1-8H,(H,19,20,21). The molecule has 6 heteroatoms. The normalized spacial score (nSPS) is 10.6. The number of amides is 1. The van der Waals surface area contributed by atoms with Crippen LogP contribution in [0.3, 0.4) is 0 Å². The highest BCUT2D eigenvalue weighted by Gasteiger charge is 2.08. The van der Waals surface area contributed by atoms with Crippen molar-refractivity contribution in [3.8, 4) is 0 Å². The summed E-state index contributed by atoms with van der Waals surface area (Å²) in [5.74, 6) is 0.0692. The molecule has 4 nitrogen and oxygen atoms in total. The second-order valence-electron chi connectivity index (χ2n) is 4.39. The van der Waals surface area contributed by atoms with E-state index in [0.29, 0.717) is 11.4 Å². The van der Waals surface area contributed by atoms with Crippen molar-refractivity contribution in [3.63, 3.8) is 0 Å². The number of carbonyl (C=O) groups is 1. The fourth-order valence-electron chi connectivity index (χ4n) is 1.95. The van der Waals surface area contributed by atoms with Crippen LogP contribution in [0.4, 0.5) is 5.82 Å². The van der Waals surface area contributed by atoms with E-state index in [2.05, 4.69) is 31.2 Å². The molecule has 0 saturated heterocycles. The molecule has 0 aliphatic heterocycles. The summed E-state index contributed by atoms with van der Waals surface area (Å²) in [6, 6.07) is 11.4. The molecule has 3 aromatic rings. The fraction of sp³-hybridized carbons (Fsp3) is 0. The summed E-state index contributed by atoms with van der Waals surface area (Å²) in [6.45, 7) is 0. The van der Waals surface area contributed by atoms with Crippen molar-refractivity contribution in [2.24, 2.45) is 0 Å². The molecule has 104 valence electrons. The van der Waals surface area contributed by atoms with E-state index in [-0.39, 0.29) is 11.1 Å². The Bertz CT molecular complexity index is 838. The topological polar surface area (TPSA) is 54.9 Å². The molecular formula is C15H9BrClN3O. The van der Waals surface area contributed by atoms with Crippen molar-refractivity contribution < 1.29 is 4.79 Å². The highest BCUT2D eigenvalue weighted by Crippen LogP contribution is 2.21. The summed E-state index contributed by atoms with van der Waals surface area (Å²) in [5, 5.41) is 4.95. The lowest BCUT2D eigenvalue weighted by Gasteiger charge is -2.06. The maximum atomic E-state index is 12.2. The van der Waals surface area contributed by atoms with Crippen LogP contribution < -0.4 is 5.32 Å². The first-order valence-electron chi connectivity index (χ1n) is 6.10. The van der Waals surface area contributed by atoms with Gasteiger partial charge in [0.2, 0.25) is 0 Å². The van der Waals surface area contributed by atoms with Gasteiger partial charge in [0.05, 0.1) is 12.4 Å². The van der Waals surface area contributed by atoms with Crippen molar-refractivity contribution in [2.45, 2.75) is 0 Å². The van der Waals surface area contributed by atoms with Crippen molar-refractivity contribution in [1.82, 2.24) is 9.97 Å². The molecule has 0 unspecified atom stereocenters. The molecule has 0 spiro atoms. The number of fused-ring (bicyclic) bond motifs is 1. The van der Waals surface area contributed by atoms with Gasteiger partial charge < -0.3 is 5.32 Å². The molecule has 3 rings (SSSR count). The van der Waals surface area contributed by atoms with Crippen molar-refractivity contribution in [1.29, 1.82) is 0 Å². The first-order valence-corrected chi connectivity index (χ1v) is 7.27. The number of nitrogens with one attached hydrogen (secondary N) is 1. The molecule has 1 amide bonds. The van der Waals surface area contributed by atoms with Crippen molar-refractivity contribution in [2.75, 3.05) is 5.32 Å². The maximum Gasteiger partial charge on any atom is 0.256 e. The second-order valence-corrected chi connectivity index (χ2v) is 5.69. The molecule has 0 saturated carbocycles. The monoisotopic (exact) mass is 361 g/mol. The van der Waals surface area contributed by atoms with Gasteiger partial charge in [0.25, 0.3) is 5.91 Å². The number of halogens is 2. The van der Waals surface area contributed by atoms with Gasteiger partial charge >= 0.3 is 0 Å². The van der Waals surface area contributed by atoms with E-state index in [1.807, 2.05) is 30.3 Å². The molecule has 2 aromatic carbocycles. The van der Waals surface area contributed by atoms with Crippen LogP contribution in [0.1, 0.15) is 10.4 Å². The van der Waals surface area contributed by atoms with E-state index in [1.54, 1.807) is 6.07 Å². The van der Waals surface area contributed by atoms with Crippen LogP contribution in [0, 0.1) is 0 Å². The number of hydrogen-bond donors (Lipinski definition) is 1. The summed E-state index contributed by atoms with van der Waals surface area (Å²) in [6.07, 6.45) is 2.85. The zero-order chi connectivity index (χ0) is 14.8. The van der Waals surface area contributed by atoms with Gasteiger partial charge in [-0.1, -0.05) is 39.7 Å². The van der Waals surface area contributed by atoms with Gasteiger partial charge in [0, 0.05) is 10.0 Å². The van der Waals surface area contributed by atoms with Crippen molar-refractivity contribution in [3.05, 3.63) is 64.0 Å². The summed E-state index contributed by atoms with van der Waals surface area (Å²) in [4.78, 5) is 20.1. The second kappa shape index (κ2) is 5.79. The molecule has 0 radical (unpaired) electrons. The number of nitrogens with zero attached hydrogens (tertiary/aromatic N) is 2. The Labute approximate surface area is 134 Å². The third kappa shape index (κ3) is 3.20. The molecule has 1 heterocycles. The van der Waals surface area contributed by atoms with Crippen LogP contribution in [-0.4, -0.2) is 15.9 Å². The number of benzene rings is 2. The lowest BCUT2D eigenvalue weighted by Crippen LogP contribution is -2.13. The minimum absolute atomic E-state index is 0.233. The van der Waals surface area contributed by atoms with Gasteiger partial charge in [-0.3, -0.25) is 9.78 Å². The Morgan fingerprint density at radius 1 is 1.10 bits per heavy atom. The van der Waals surface area contributed by atoms with Crippen LogP contribution in [0.5, 0.6) is 0 Å². The first kappa shape index (κ1) is 14.0. The summed E-state index contributed by atoms with van der Waals surface area (Å²) in [5.41, 5.74) is 0.548. The Balaban J connectivity index is 1.89. The zero-order valence-electron chi connectivity index (χ0n) is 10.7. The quantitative estimate of drug-likeness (QED) is 0.739. The average molecular weight is 363 g/mol. The number of aromatic nitrogens is 2. The lowest BCUT2D eigenvalue weighted by atomic mass is 10.1. The number of anilines is 1. The maximum absolute atomic E-state index is 12.2. The summed E-state index contributed by atoms with van der Waals surface area (Å²) in [7, 11) is 0. The minimum atomic E-state index is -0.253. The van der Waals surface area contributed by atoms with E-state index >= 15 is 0 Å². The first-order chi connectivity index (χ1) is 10.1. The van der Waals surface area contributed by atoms with Gasteiger partial charge in [-0.25, -0.2) is 4.98 Å². The van der Waals surface area contributed by atoms with Gasteiger partial charge in [-0.05, 0) is 35.0 Å². The summed E-state index contributed by atoms with van der Waals surface area (Å²) < 4.78 is 1.00. The largest absolute Gasteiger partial charge is 0.305 e. The molecule has 1 N–H and O–H groups in total. The molecule has 1 aromatic heterocycles. The number of rotatable bonds is 2. The van der Waals surface area contributed by atoms with Gasteiger partial charge in [-0.2, -0.15) is 0 Å². The predicted molar refractivity (Wildman–Crippen MR) is 86.6 cm³/mol. The van der Waals surface area contributed by atoms with E-state index < -0.39 is 0 Å². The van der Waals surface area contributed by atoms with Crippen LogP contribution >= 0.6 is 27.5 Å². The van der Waals surface area contributed by atoms with Crippen LogP contribution in [0.15, 0.2) is 53.3 Å². The Kier molecular flexibility index (Phi) is 3.86. The smallest absolute Gasteiger partial charge is 0.256 e. The molecule has 0 atom stereocenters. The SMILES string of the molecule is O=C(Nc1cncc(Cl)n1)c1ccc2cc(Br)ccc2c1. The van der Waals surface area contributed by atoms with Gasteiger partial charge in [0.15, 0.2) is 5.82 Å². The van der Waals surface area contributed by atoms with Crippen LogP contribution in [0.25, 0.3) is 10.8 Å². The van der Waals surface area contributed by atoms with Crippen LogP contribution in [-0.2, 0) is 0 Å². The van der Waals surface area contributed by atoms with Crippen LogP contribution in [0.2, 0.25) is 5.15 Å². The van der Waals surface area contributed by atoms with Gasteiger partial charge in [0.1, 0.15) is 5.15 Å². The minimum Gasteiger partial charge on any atom is -0.305 e. The molecule has 0 fully saturated rings. The van der Waals surface area contributed by atoms with E-state index in [9.17, 15) is 4.79 Å². The highest BCUT2D eigenvalue weighted by atomic mass is 79.9. The number of carbonyl (C=O) groups excluding carboxylic acids is 1. The van der Waals surface area contributed by atoms with E-state index in [4.69, 9.17) is 11.6 Å². The van der Waals surface area contributed by atoms with E-state index in [0.717, 1.165) is 15.2 Å². The zero-order valence-corrected chi connectivity index (χ0v) is 13.0. The molecule has 0 aliphatic carbocycles. The Hall–Kier alpha value is -1.98. The number of hydrogen-bond acceptors (Lipinski definition) is 3. The molecule has 21 heavy (non-hydrogen) atoms.